The van der Waals surface area contributed by atoms with Crippen molar-refractivity contribution in [2.75, 3.05) is 17.2 Å². The van der Waals surface area contributed by atoms with Crippen molar-refractivity contribution in [3.05, 3.63) is 47.4 Å². The van der Waals surface area contributed by atoms with Crippen molar-refractivity contribution in [3.8, 4) is 0 Å². The van der Waals surface area contributed by atoms with Crippen LogP contribution in [0.25, 0.3) is 0 Å². The Labute approximate surface area is 218 Å². The molecule has 0 aromatic carbocycles. The van der Waals surface area contributed by atoms with Gasteiger partial charge in [-0.3, -0.25) is 19.1 Å². The summed E-state index contributed by atoms with van der Waals surface area (Å²) < 4.78 is 4.35. The van der Waals surface area contributed by atoms with Crippen LogP contribution in [0.5, 0.6) is 0 Å². The van der Waals surface area contributed by atoms with Crippen molar-refractivity contribution in [1.29, 1.82) is 0 Å². The molecule has 1 amide bonds. The Morgan fingerprint density at radius 2 is 1.81 bits per heavy atom. The first-order valence-corrected chi connectivity index (χ1v) is 13.7. The Bertz CT molecular complexity index is 1290. The average Bonchev–Trinajstić information content (AvgIpc) is 3.46. The summed E-state index contributed by atoms with van der Waals surface area (Å²) in [6.45, 7) is 11.5. The summed E-state index contributed by atoms with van der Waals surface area (Å²) in [7, 11) is 0. The van der Waals surface area contributed by atoms with Crippen molar-refractivity contribution in [3.63, 3.8) is 0 Å². The molecule has 196 valence electrons. The number of nitrogens with one attached hydrogen (secondary N) is 2. The highest BCUT2D eigenvalue weighted by Crippen LogP contribution is 2.37. The number of nitrogens with zero attached hydrogens (tertiary/aromatic N) is 6. The molecule has 37 heavy (non-hydrogen) atoms. The van der Waals surface area contributed by atoms with Gasteiger partial charge in [-0.1, -0.05) is 20.8 Å². The van der Waals surface area contributed by atoms with E-state index in [4.69, 9.17) is 10.2 Å². The molecule has 1 unspecified atom stereocenters. The lowest BCUT2D eigenvalue weighted by Crippen LogP contribution is -2.36. The van der Waals surface area contributed by atoms with Gasteiger partial charge in [0.05, 0.1) is 18.3 Å². The highest BCUT2D eigenvalue weighted by Gasteiger charge is 2.31. The number of hydrogen-bond donors (Lipinski definition) is 2. The number of anilines is 3. The van der Waals surface area contributed by atoms with Gasteiger partial charge in [0.1, 0.15) is 5.82 Å². The zero-order valence-electron chi connectivity index (χ0n) is 22.4. The van der Waals surface area contributed by atoms with Crippen LogP contribution in [-0.2, 0) is 23.3 Å². The smallest absolute Gasteiger partial charge is 0.228 e. The summed E-state index contributed by atoms with van der Waals surface area (Å²) in [5.41, 5.74) is 3.65. The second-order valence-electron chi connectivity index (χ2n) is 12.0. The third kappa shape index (κ3) is 5.01. The lowest BCUT2D eigenvalue weighted by Gasteiger charge is -2.33. The molecule has 0 spiro atoms. The van der Waals surface area contributed by atoms with Gasteiger partial charge >= 0.3 is 0 Å². The summed E-state index contributed by atoms with van der Waals surface area (Å²) in [5.74, 6) is 2.62. The lowest BCUT2D eigenvalue weighted by atomic mass is 9.88. The van der Waals surface area contributed by atoms with Crippen LogP contribution in [0.2, 0.25) is 0 Å². The predicted molar refractivity (Wildman–Crippen MR) is 144 cm³/mol. The molecule has 2 aliphatic carbocycles. The number of rotatable bonds is 7. The minimum atomic E-state index is 0.0402. The predicted octanol–water partition coefficient (Wildman–Crippen LogP) is 5.17. The van der Waals surface area contributed by atoms with Crippen molar-refractivity contribution >= 4 is 23.4 Å². The van der Waals surface area contributed by atoms with E-state index in [-0.39, 0.29) is 23.3 Å². The Morgan fingerprint density at radius 3 is 2.51 bits per heavy atom. The topological polar surface area (TPSA) is 92.9 Å². The second kappa shape index (κ2) is 9.28. The van der Waals surface area contributed by atoms with E-state index >= 15 is 0 Å². The number of pyridine rings is 1. The summed E-state index contributed by atoms with van der Waals surface area (Å²) >= 11 is 0. The van der Waals surface area contributed by atoms with E-state index in [1.54, 1.807) is 6.20 Å². The van der Waals surface area contributed by atoms with Crippen LogP contribution in [-0.4, -0.2) is 41.9 Å². The first kappa shape index (κ1) is 24.2. The van der Waals surface area contributed by atoms with Crippen molar-refractivity contribution in [2.24, 2.45) is 5.92 Å². The summed E-state index contributed by atoms with van der Waals surface area (Å²) in [5, 5.41) is 16.3. The van der Waals surface area contributed by atoms with Gasteiger partial charge in [-0.05, 0) is 56.7 Å². The minimum absolute atomic E-state index is 0.0402. The largest absolute Gasteiger partial charge is 0.322 e. The Balaban J connectivity index is 1.15. The molecule has 0 bridgehead atoms. The summed E-state index contributed by atoms with van der Waals surface area (Å²) in [4.78, 5) is 18.9. The molecule has 3 aromatic heterocycles. The van der Waals surface area contributed by atoms with E-state index in [0.717, 1.165) is 49.7 Å². The van der Waals surface area contributed by atoms with Gasteiger partial charge in [-0.2, -0.15) is 10.2 Å². The zero-order valence-corrected chi connectivity index (χ0v) is 22.4. The van der Waals surface area contributed by atoms with E-state index in [0.29, 0.717) is 11.9 Å². The van der Waals surface area contributed by atoms with Crippen LogP contribution in [0.4, 0.5) is 17.5 Å². The molecule has 2 saturated carbocycles. The Kier molecular flexibility index (Phi) is 6.06. The summed E-state index contributed by atoms with van der Waals surface area (Å²) in [6.07, 6.45) is 7.47. The molecule has 9 heteroatoms. The van der Waals surface area contributed by atoms with Crippen LogP contribution in [0.1, 0.15) is 88.8 Å². The van der Waals surface area contributed by atoms with Gasteiger partial charge in [0.2, 0.25) is 5.91 Å². The number of amides is 1. The van der Waals surface area contributed by atoms with E-state index in [1.165, 1.54) is 30.7 Å². The molecular weight excluding hydrogens is 464 g/mol. The minimum Gasteiger partial charge on any atom is -0.322 e. The fourth-order valence-electron chi connectivity index (χ4n) is 5.33. The molecule has 9 nitrogen and oxygen atoms in total. The third-order valence-corrected chi connectivity index (χ3v) is 7.98. The van der Waals surface area contributed by atoms with E-state index in [1.807, 2.05) is 12.1 Å². The van der Waals surface area contributed by atoms with Crippen LogP contribution in [0, 0.1) is 5.92 Å². The second-order valence-corrected chi connectivity index (χ2v) is 12.0. The molecule has 3 aliphatic rings. The number of fused-ring (bicyclic) bond motifs is 1. The fourth-order valence-corrected chi connectivity index (χ4v) is 5.33. The molecule has 1 atom stereocenters. The number of carbonyl (C=O) groups is 1. The van der Waals surface area contributed by atoms with E-state index in [9.17, 15) is 4.79 Å². The van der Waals surface area contributed by atoms with Crippen molar-refractivity contribution in [1.82, 2.24) is 29.4 Å². The standard InChI is InChI=1S/C28H38N8O/c1-18-22-15-25(30-26-16-23(28(2,3)4)36(33-26)21-6-5-7-21)32-35(22)13-12-34(18)17-19-10-11-29-24(14-19)31-27(37)20-8-9-20/h10-11,14-16,18,20-21H,5-9,12-13,17H2,1-4H3,(H,29,31,37)(H,30,32,33). The van der Waals surface area contributed by atoms with Gasteiger partial charge < -0.3 is 10.6 Å². The fraction of sp³-hybridized carbons (Fsp3) is 0.571. The normalized spacial score (nSPS) is 20.4. The first-order valence-electron chi connectivity index (χ1n) is 13.7. The average molecular weight is 503 g/mol. The van der Waals surface area contributed by atoms with Gasteiger partial charge in [-0.25, -0.2) is 4.98 Å². The first-order chi connectivity index (χ1) is 17.7. The monoisotopic (exact) mass is 502 g/mol. The number of carbonyl (C=O) groups excluding carboxylic acids is 1. The van der Waals surface area contributed by atoms with Gasteiger partial charge in [0, 0.05) is 54.5 Å². The highest BCUT2D eigenvalue weighted by molar-refractivity contribution is 5.93. The van der Waals surface area contributed by atoms with Crippen LogP contribution in [0.15, 0.2) is 30.5 Å². The Hall–Kier alpha value is -3.20. The maximum Gasteiger partial charge on any atom is 0.228 e. The van der Waals surface area contributed by atoms with E-state index in [2.05, 4.69) is 69.7 Å². The third-order valence-electron chi connectivity index (χ3n) is 7.98. The van der Waals surface area contributed by atoms with Crippen LogP contribution < -0.4 is 10.6 Å². The van der Waals surface area contributed by atoms with Crippen LogP contribution >= 0.6 is 0 Å². The summed E-state index contributed by atoms with van der Waals surface area (Å²) in [6, 6.07) is 9.11. The molecule has 2 fully saturated rings. The number of aromatic nitrogens is 5. The number of hydrogen-bond acceptors (Lipinski definition) is 6. The molecule has 4 heterocycles. The molecule has 3 aromatic rings. The van der Waals surface area contributed by atoms with Crippen molar-refractivity contribution < 1.29 is 4.79 Å². The van der Waals surface area contributed by atoms with Crippen LogP contribution in [0.3, 0.4) is 0 Å². The van der Waals surface area contributed by atoms with Gasteiger partial charge in [0.15, 0.2) is 11.6 Å². The highest BCUT2D eigenvalue weighted by atomic mass is 16.2. The maximum absolute atomic E-state index is 12.1. The molecule has 0 radical (unpaired) electrons. The maximum atomic E-state index is 12.1. The zero-order chi connectivity index (χ0) is 25.7. The molecule has 1 aliphatic heterocycles. The SMILES string of the molecule is CC1c2cc(Nc3cc(C(C)(C)C)n(C4CCC4)n3)nn2CCN1Cc1ccnc(NC(=O)C2CC2)c1. The molecule has 0 saturated heterocycles. The molecule has 2 N–H and O–H groups in total. The van der Waals surface area contributed by atoms with Gasteiger partial charge in [0.25, 0.3) is 0 Å². The van der Waals surface area contributed by atoms with E-state index < -0.39 is 0 Å². The lowest BCUT2D eigenvalue weighted by molar-refractivity contribution is -0.117. The quantitative estimate of drug-likeness (QED) is 0.463. The molecular formula is C28H38N8O. The van der Waals surface area contributed by atoms with Gasteiger partial charge in [-0.15, -0.1) is 0 Å². The Morgan fingerprint density at radius 1 is 1.03 bits per heavy atom. The van der Waals surface area contributed by atoms with Crippen molar-refractivity contribution in [2.45, 2.75) is 90.4 Å². The molecule has 6 rings (SSSR count).